The van der Waals surface area contributed by atoms with Crippen LogP contribution in [0.15, 0.2) is 36.5 Å². The van der Waals surface area contributed by atoms with Crippen molar-refractivity contribution in [2.75, 3.05) is 13.7 Å². The summed E-state index contributed by atoms with van der Waals surface area (Å²) in [6, 6.07) is 7.48. The zero-order chi connectivity index (χ0) is 24.4. The lowest BCUT2D eigenvalue weighted by Crippen LogP contribution is -2.46. The molecule has 178 valence electrons. The maximum absolute atomic E-state index is 14.8. The Bertz CT molecular complexity index is 1430. The predicted molar refractivity (Wildman–Crippen MR) is 121 cm³/mol. The number of ether oxygens (including phenoxy) is 1. The van der Waals surface area contributed by atoms with Crippen molar-refractivity contribution in [2.24, 2.45) is 0 Å². The van der Waals surface area contributed by atoms with Gasteiger partial charge in [0, 0.05) is 40.7 Å². The number of nitrogens with one attached hydrogen (secondary N) is 1. The number of aliphatic carboxylic acids is 1. The van der Waals surface area contributed by atoms with Gasteiger partial charge in [-0.05, 0) is 48.6 Å². The van der Waals surface area contributed by atoms with Gasteiger partial charge < -0.3 is 14.4 Å². The highest BCUT2D eigenvalue weighted by atomic mass is 19.2. The van der Waals surface area contributed by atoms with Crippen LogP contribution in [0, 0.1) is 11.6 Å². The van der Waals surface area contributed by atoms with Gasteiger partial charge in [-0.25, -0.2) is 18.0 Å². The van der Waals surface area contributed by atoms with Crippen LogP contribution < -0.4 is 0 Å². The monoisotopic (exact) mass is 471 g/mol. The first-order chi connectivity index (χ1) is 16.1. The highest BCUT2D eigenvalue weighted by Gasteiger charge is 2.53. The zero-order valence-electron chi connectivity index (χ0n) is 19.0. The van der Waals surface area contributed by atoms with Gasteiger partial charge in [-0.15, -0.1) is 0 Å². The number of nitrogens with zero attached hydrogens (tertiary/aromatic N) is 2. The van der Waals surface area contributed by atoms with Gasteiger partial charge in [0.1, 0.15) is 0 Å². The number of hydrogen-bond acceptors (Lipinski definition) is 3. The Hall–Kier alpha value is -3.33. The van der Waals surface area contributed by atoms with E-state index in [2.05, 4.69) is 10.2 Å². The Morgan fingerprint density at radius 1 is 1.26 bits per heavy atom. The summed E-state index contributed by atoms with van der Waals surface area (Å²) in [5.74, 6) is -3.79. The second-order valence-corrected chi connectivity index (χ2v) is 9.72. The van der Waals surface area contributed by atoms with Gasteiger partial charge in [0.25, 0.3) is 0 Å². The molecule has 4 aromatic rings. The first-order valence-corrected chi connectivity index (χ1v) is 10.9. The fourth-order valence-corrected chi connectivity index (χ4v) is 5.25. The Kier molecular flexibility index (Phi) is 5.02. The van der Waals surface area contributed by atoms with E-state index in [4.69, 9.17) is 4.74 Å². The molecule has 0 saturated heterocycles. The number of benzene rings is 2. The second-order valence-electron chi connectivity index (χ2n) is 9.72. The van der Waals surface area contributed by atoms with E-state index < -0.39 is 28.7 Å². The first kappa shape index (κ1) is 22.5. The van der Waals surface area contributed by atoms with Crippen LogP contribution in [0.2, 0.25) is 0 Å². The van der Waals surface area contributed by atoms with Crippen LogP contribution in [0.4, 0.5) is 13.2 Å². The maximum atomic E-state index is 14.8. The van der Waals surface area contributed by atoms with Gasteiger partial charge in [0.15, 0.2) is 11.6 Å². The number of aromatic amines is 1. The molecular formula is C25H24F3N3O3. The molecule has 0 unspecified atom stereocenters. The Morgan fingerprint density at radius 2 is 2.00 bits per heavy atom. The van der Waals surface area contributed by atoms with Crippen LogP contribution >= 0.6 is 0 Å². The van der Waals surface area contributed by atoms with Crippen molar-refractivity contribution in [2.45, 2.75) is 43.7 Å². The third-order valence-corrected chi connectivity index (χ3v) is 6.81. The largest absolute Gasteiger partial charge is 0.479 e. The van der Waals surface area contributed by atoms with Crippen molar-refractivity contribution in [1.29, 1.82) is 0 Å². The molecule has 0 radical (unpaired) electrons. The molecule has 1 aliphatic carbocycles. The standard InChI is InChI=1S/C25H24F3N3O3/c1-24(2,12-34-3)22-21(14-9-25(28,10-14)23(32)33)16-8-19-13(11-29-30-19)6-20(16)31(22)15-4-5-17(26)18(27)7-15/h4-8,11,14H,9-10,12H2,1-3H3,(H,29,30)(H,32,33)/t14-,25+. The van der Waals surface area contributed by atoms with Crippen LogP contribution in [0.1, 0.15) is 43.9 Å². The summed E-state index contributed by atoms with van der Waals surface area (Å²) in [5, 5.41) is 18.0. The third kappa shape index (κ3) is 3.29. The normalized spacial score (nSPS) is 20.7. The molecule has 0 bridgehead atoms. The Labute approximate surface area is 193 Å². The second kappa shape index (κ2) is 7.59. The molecule has 1 fully saturated rings. The van der Waals surface area contributed by atoms with E-state index in [1.54, 1.807) is 13.3 Å². The molecule has 2 N–H and O–H groups in total. The van der Waals surface area contributed by atoms with Crippen molar-refractivity contribution in [1.82, 2.24) is 14.8 Å². The average molecular weight is 471 g/mol. The number of carboxylic acids is 1. The molecule has 0 amide bonds. The number of rotatable bonds is 6. The predicted octanol–water partition coefficient (Wildman–Crippen LogP) is 5.38. The lowest BCUT2D eigenvalue weighted by atomic mass is 9.67. The zero-order valence-corrected chi connectivity index (χ0v) is 19.0. The van der Waals surface area contributed by atoms with E-state index in [0.29, 0.717) is 17.8 Å². The number of fused-ring (bicyclic) bond motifs is 2. The summed E-state index contributed by atoms with van der Waals surface area (Å²) in [7, 11) is 1.57. The molecule has 2 aromatic carbocycles. The molecule has 2 heterocycles. The third-order valence-electron chi connectivity index (χ3n) is 6.81. The summed E-state index contributed by atoms with van der Waals surface area (Å²) in [6.45, 7) is 4.21. The lowest BCUT2D eigenvalue weighted by molar-refractivity contribution is -0.158. The summed E-state index contributed by atoms with van der Waals surface area (Å²) in [6.07, 6.45) is 1.32. The highest BCUT2D eigenvalue weighted by Crippen LogP contribution is 2.53. The number of hydrogen-bond donors (Lipinski definition) is 2. The molecule has 0 spiro atoms. The molecule has 9 heteroatoms. The van der Waals surface area contributed by atoms with Crippen LogP contribution in [0.5, 0.6) is 0 Å². The Morgan fingerprint density at radius 3 is 2.65 bits per heavy atom. The summed E-state index contributed by atoms with van der Waals surface area (Å²) in [5.41, 5.74) is 0.485. The van der Waals surface area contributed by atoms with Crippen molar-refractivity contribution < 1.29 is 27.8 Å². The van der Waals surface area contributed by atoms with Gasteiger partial charge in [0.2, 0.25) is 5.67 Å². The van der Waals surface area contributed by atoms with Crippen LogP contribution in [0.3, 0.4) is 0 Å². The number of H-pyrrole nitrogens is 1. The van der Waals surface area contributed by atoms with Crippen molar-refractivity contribution in [3.05, 3.63) is 59.4 Å². The number of halogens is 3. The van der Waals surface area contributed by atoms with E-state index in [9.17, 15) is 23.1 Å². The van der Waals surface area contributed by atoms with Crippen molar-refractivity contribution in [3.8, 4) is 5.69 Å². The molecular weight excluding hydrogens is 447 g/mol. The van der Waals surface area contributed by atoms with Gasteiger partial charge in [-0.1, -0.05) is 13.8 Å². The van der Waals surface area contributed by atoms with Crippen LogP contribution in [-0.2, 0) is 14.9 Å². The maximum Gasteiger partial charge on any atom is 0.341 e. The van der Waals surface area contributed by atoms with Crippen LogP contribution in [0.25, 0.3) is 27.5 Å². The topological polar surface area (TPSA) is 80.1 Å². The van der Waals surface area contributed by atoms with E-state index in [0.717, 1.165) is 39.7 Å². The summed E-state index contributed by atoms with van der Waals surface area (Å²) >= 11 is 0. The summed E-state index contributed by atoms with van der Waals surface area (Å²) in [4.78, 5) is 11.5. The van der Waals surface area contributed by atoms with E-state index in [1.807, 2.05) is 30.5 Å². The molecule has 1 aliphatic rings. The fraction of sp³-hybridized carbons (Fsp3) is 0.360. The fourth-order valence-electron chi connectivity index (χ4n) is 5.25. The first-order valence-electron chi connectivity index (χ1n) is 10.9. The minimum Gasteiger partial charge on any atom is -0.479 e. The number of methoxy groups -OCH3 is 1. The van der Waals surface area contributed by atoms with Crippen molar-refractivity contribution >= 4 is 27.8 Å². The molecule has 5 rings (SSSR count). The van der Waals surface area contributed by atoms with Gasteiger partial charge in [0.05, 0.1) is 23.8 Å². The van der Waals surface area contributed by atoms with E-state index >= 15 is 0 Å². The van der Waals surface area contributed by atoms with E-state index in [-0.39, 0.29) is 18.8 Å². The van der Waals surface area contributed by atoms with Gasteiger partial charge in [-0.2, -0.15) is 5.10 Å². The molecule has 1 saturated carbocycles. The lowest BCUT2D eigenvalue weighted by Gasteiger charge is -2.40. The Balaban J connectivity index is 1.86. The quantitative estimate of drug-likeness (QED) is 0.396. The smallest absolute Gasteiger partial charge is 0.341 e. The SMILES string of the molecule is COCC(C)(C)c1c([C@H]2C[C@](F)(C(=O)O)C2)c2cc3[nH]ncc3cc2n1-c1ccc(F)c(F)c1. The van der Waals surface area contributed by atoms with Gasteiger partial charge >= 0.3 is 5.97 Å². The van der Waals surface area contributed by atoms with Crippen molar-refractivity contribution in [3.63, 3.8) is 0 Å². The molecule has 0 atom stereocenters. The molecule has 6 nitrogen and oxygen atoms in total. The average Bonchev–Trinajstić information content (AvgIpc) is 3.33. The summed E-state index contributed by atoms with van der Waals surface area (Å²) < 4.78 is 50.3. The minimum absolute atomic E-state index is 0.170. The number of alkyl halides is 1. The van der Waals surface area contributed by atoms with E-state index in [1.165, 1.54) is 6.07 Å². The number of aromatic nitrogens is 3. The number of carbonyl (C=O) groups is 1. The minimum atomic E-state index is -2.29. The number of carboxylic acid groups (broad SMARTS) is 1. The van der Waals surface area contributed by atoms with Gasteiger partial charge in [-0.3, -0.25) is 5.10 Å². The molecule has 0 aliphatic heterocycles. The van der Waals surface area contributed by atoms with Crippen LogP contribution in [-0.4, -0.2) is 45.2 Å². The molecule has 34 heavy (non-hydrogen) atoms. The molecule has 2 aromatic heterocycles. The highest BCUT2D eigenvalue weighted by molar-refractivity contribution is 5.99.